The van der Waals surface area contributed by atoms with Crippen molar-refractivity contribution in [1.29, 1.82) is 0 Å². The van der Waals surface area contributed by atoms with Crippen molar-refractivity contribution in [3.05, 3.63) is 24.3 Å². The van der Waals surface area contributed by atoms with E-state index in [0.29, 0.717) is 11.4 Å². The summed E-state index contributed by atoms with van der Waals surface area (Å²) in [4.78, 5) is 27.3. The normalized spacial score (nSPS) is 30.7. The Morgan fingerprint density at radius 3 is 2.52 bits per heavy atom. The fourth-order valence-corrected chi connectivity index (χ4v) is 3.86. The molecule has 1 aromatic rings. The summed E-state index contributed by atoms with van der Waals surface area (Å²) in [5, 5.41) is 0. The molecule has 2 atom stereocenters. The molecule has 0 spiro atoms. The molecule has 1 saturated carbocycles. The van der Waals surface area contributed by atoms with Gasteiger partial charge in [-0.2, -0.15) is 0 Å². The number of imide groups is 1. The van der Waals surface area contributed by atoms with Crippen molar-refractivity contribution in [1.82, 2.24) is 0 Å². The number of fused-ring (bicyclic) bond motifs is 2. The maximum absolute atomic E-state index is 13.0. The van der Waals surface area contributed by atoms with Gasteiger partial charge in [0.05, 0.1) is 18.2 Å². The zero-order valence-electron chi connectivity index (χ0n) is 13.0. The molecule has 21 heavy (non-hydrogen) atoms. The van der Waals surface area contributed by atoms with Crippen molar-refractivity contribution in [3.63, 3.8) is 0 Å². The fraction of sp³-hybridized carbons (Fsp3) is 0.529. The van der Waals surface area contributed by atoms with Crippen LogP contribution in [0.3, 0.4) is 0 Å². The number of ether oxygens (including phenoxy) is 1. The minimum Gasteiger partial charge on any atom is -0.495 e. The number of hydrogen-bond donors (Lipinski definition) is 0. The van der Waals surface area contributed by atoms with Crippen LogP contribution in [-0.2, 0) is 9.59 Å². The quantitative estimate of drug-likeness (QED) is 0.786. The predicted octanol–water partition coefficient (Wildman–Crippen LogP) is 3.01. The summed E-state index contributed by atoms with van der Waals surface area (Å²) in [7, 11) is 1.55. The van der Waals surface area contributed by atoms with E-state index in [9.17, 15) is 9.59 Å². The first-order valence-corrected chi connectivity index (χ1v) is 7.36. The van der Waals surface area contributed by atoms with E-state index in [-0.39, 0.29) is 23.1 Å². The molecule has 0 N–H and O–H groups in total. The monoisotopic (exact) mass is 287 g/mol. The third-order valence-electron chi connectivity index (χ3n) is 5.75. The number of para-hydroxylation sites is 2. The fourth-order valence-electron chi connectivity index (χ4n) is 3.86. The van der Waals surface area contributed by atoms with Crippen molar-refractivity contribution in [2.75, 3.05) is 12.0 Å². The Bertz CT molecular complexity index is 622. The zero-order valence-corrected chi connectivity index (χ0v) is 13.0. The van der Waals surface area contributed by atoms with Gasteiger partial charge in [0.15, 0.2) is 0 Å². The molecule has 3 rings (SSSR count). The van der Waals surface area contributed by atoms with Crippen molar-refractivity contribution >= 4 is 17.5 Å². The second kappa shape index (κ2) is 4.33. The van der Waals surface area contributed by atoms with Crippen molar-refractivity contribution in [2.24, 2.45) is 16.7 Å². The SMILES string of the molecule is COc1ccccc1N1C(=O)[C@H]2CC[C@@](C)(C1=O)C2(C)C. The molecular weight excluding hydrogens is 266 g/mol. The summed E-state index contributed by atoms with van der Waals surface area (Å²) in [6.07, 6.45) is 1.54. The molecule has 2 bridgehead atoms. The van der Waals surface area contributed by atoms with E-state index < -0.39 is 5.41 Å². The number of carbonyl (C=O) groups excluding carboxylic acids is 2. The summed E-state index contributed by atoms with van der Waals surface area (Å²) < 4.78 is 5.32. The summed E-state index contributed by atoms with van der Waals surface area (Å²) >= 11 is 0. The van der Waals surface area contributed by atoms with Crippen LogP contribution in [-0.4, -0.2) is 18.9 Å². The molecule has 0 unspecified atom stereocenters. The Labute approximate surface area is 125 Å². The number of nitrogens with zero attached hydrogens (tertiary/aromatic N) is 1. The molecule has 1 aliphatic carbocycles. The van der Waals surface area contributed by atoms with Crippen LogP contribution in [0, 0.1) is 16.7 Å². The largest absolute Gasteiger partial charge is 0.495 e. The number of amides is 2. The maximum atomic E-state index is 13.0. The lowest BCUT2D eigenvalue weighted by molar-refractivity contribution is -0.146. The van der Waals surface area contributed by atoms with Crippen LogP contribution in [0.15, 0.2) is 24.3 Å². The highest BCUT2D eigenvalue weighted by Crippen LogP contribution is 2.60. The van der Waals surface area contributed by atoms with Gasteiger partial charge in [-0.05, 0) is 30.4 Å². The van der Waals surface area contributed by atoms with Gasteiger partial charge in [-0.25, -0.2) is 4.90 Å². The standard InChI is InChI=1S/C17H21NO3/c1-16(2)11-9-10-17(16,3)15(20)18(14(11)19)12-7-5-6-8-13(12)21-4/h5-8,11H,9-10H2,1-4H3/t11-,17+/m1/s1. The maximum Gasteiger partial charge on any atom is 0.240 e. The molecule has 1 heterocycles. The molecule has 1 saturated heterocycles. The average Bonchev–Trinajstić information content (AvgIpc) is 2.64. The molecule has 4 heteroatoms. The molecule has 2 aliphatic rings. The van der Waals surface area contributed by atoms with Crippen LogP contribution >= 0.6 is 0 Å². The van der Waals surface area contributed by atoms with E-state index in [1.807, 2.05) is 32.9 Å². The minimum atomic E-state index is -0.494. The third-order valence-corrected chi connectivity index (χ3v) is 5.75. The van der Waals surface area contributed by atoms with E-state index in [4.69, 9.17) is 4.74 Å². The zero-order chi connectivity index (χ0) is 15.4. The highest BCUT2D eigenvalue weighted by atomic mass is 16.5. The summed E-state index contributed by atoms with van der Waals surface area (Å²) in [6, 6.07) is 7.21. The minimum absolute atomic E-state index is 0.0931. The number of carbonyl (C=O) groups is 2. The molecule has 112 valence electrons. The molecule has 2 amide bonds. The lowest BCUT2D eigenvalue weighted by Gasteiger charge is -2.47. The van der Waals surface area contributed by atoms with E-state index in [2.05, 4.69) is 0 Å². The first kappa shape index (κ1) is 14.1. The molecular formula is C17H21NO3. The Morgan fingerprint density at radius 2 is 1.86 bits per heavy atom. The Morgan fingerprint density at radius 1 is 1.19 bits per heavy atom. The van der Waals surface area contributed by atoms with Crippen LogP contribution in [0.25, 0.3) is 0 Å². The Kier molecular flexibility index (Phi) is 2.91. The van der Waals surface area contributed by atoms with Crippen LogP contribution in [0.4, 0.5) is 5.69 Å². The van der Waals surface area contributed by atoms with Crippen LogP contribution in [0.2, 0.25) is 0 Å². The van der Waals surface area contributed by atoms with Gasteiger partial charge in [0, 0.05) is 5.92 Å². The number of piperidine rings is 1. The summed E-state index contributed by atoms with van der Waals surface area (Å²) in [6.45, 7) is 6.07. The van der Waals surface area contributed by atoms with Gasteiger partial charge in [0.1, 0.15) is 5.75 Å². The lowest BCUT2D eigenvalue weighted by Crippen LogP contribution is -2.59. The van der Waals surface area contributed by atoms with E-state index in [1.165, 1.54) is 4.90 Å². The third kappa shape index (κ3) is 1.62. The molecule has 0 aromatic heterocycles. The van der Waals surface area contributed by atoms with Gasteiger partial charge in [0.2, 0.25) is 11.8 Å². The average molecular weight is 287 g/mol. The van der Waals surface area contributed by atoms with Crippen LogP contribution in [0.5, 0.6) is 5.75 Å². The first-order valence-electron chi connectivity index (χ1n) is 7.36. The Hall–Kier alpha value is -1.84. The smallest absolute Gasteiger partial charge is 0.240 e. The van der Waals surface area contributed by atoms with Gasteiger partial charge in [-0.3, -0.25) is 9.59 Å². The summed E-state index contributed by atoms with van der Waals surface area (Å²) in [5.41, 5.74) is -0.227. The molecule has 0 radical (unpaired) electrons. The molecule has 4 nitrogen and oxygen atoms in total. The lowest BCUT2D eigenvalue weighted by atomic mass is 9.62. The molecule has 1 aliphatic heterocycles. The van der Waals surface area contributed by atoms with Crippen LogP contribution in [0.1, 0.15) is 33.6 Å². The van der Waals surface area contributed by atoms with Gasteiger partial charge in [-0.15, -0.1) is 0 Å². The second-order valence-corrected chi connectivity index (χ2v) is 6.80. The van der Waals surface area contributed by atoms with Crippen molar-refractivity contribution < 1.29 is 14.3 Å². The number of hydrogen-bond acceptors (Lipinski definition) is 3. The number of anilines is 1. The number of rotatable bonds is 2. The molecule has 1 aromatic carbocycles. The predicted molar refractivity (Wildman–Crippen MR) is 80.1 cm³/mol. The van der Waals surface area contributed by atoms with Gasteiger partial charge in [-0.1, -0.05) is 32.9 Å². The van der Waals surface area contributed by atoms with Crippen molar-refractivity contribution in [2.45, 2.75) is 33.6 Å². The van der Waals surface area contributed by atoms with E-state index >= 15 is 0 Å². The Balaban J connectivity index is 2.14. The first-order chi connectivity index (χ1) is 9.84. The highest BCUT2D eigenvalue weighted by Gasteiger charge is 2.64. The second-order valence-electron chi connectivity index (χ2n) is 6.80. The molecule has 2 fully saturated rings. The van der Waals surface area contributed by atoms with E-state index in [0.717, 1.165) is 12.8 Å². The van der Waals surface area contributed by atoms with Gasteiger partial charge >= 0.3 is 0 Å². The number of methoxy groups -OCH3 is 1. The topological polar surface area (TPSA) is 46.6 Å². The highest BCUT2D eigenvalue weighted by molar-refractivity contribution is 6.21. The van der Waals surface area contributed by atoms with Crippen LogP contribution < -0.4 is 9.64 Å². The van der Waals surface area contributed by atoms with Crippen molar-refractivity contribution in [3.8, 4) is 5.75 Å². The van der Waals surface area contributed by atoms with E-state index in [1.54, 1.807) is 19.2 Å². The summed E-state index contributed by atoms with van der Waals surface area (Å²) in [5.74, 6) is 0.257. The number of benzene rings is 1. The van der Waals surface area contributed by atoms with Gasteiger partial charge in [0.25, 0.3) is 0 Å². The van der Waals surface area contributed by atoms with Gasteiger partial charge < -0.3 is 4.74 Å².